The molecule has 1 fully saturated rings. The summed E-state index contributed by atoms with van der Waals surface area (Å²) >= 11 is 0. The van der Waals surface area contributed by atoms with E-state index < -0.39 is 26.0 Å². The lowest BCUT2D eigenvalue weighted by atomic mass is 10.3. The number of nitrogens with one attached hydrogen (secondary N) is 1. The maximum atomic E-state index is 12.9. The predicted molar refractivity (Wildman–Crippen MR) is 117 cm³/mol. The first-order valence-corrected chi connectivity index (χ1v) is 12.9. The summed E-state index contributed by atoms with van der Waals surface area (Å²) in [5.41, 5.74) is -0.0502. The number of carbonyl (C=O) groups is 1. The number of anilines is 1. The number of hydrogen-bond donors (Lipinski definition) is 1. The van der Waals surface area contributed by atoms with Crippen molar-refractivity contribution in [3.63, 3.8) is 0 Å². The Morgan fingerprint density at radius 3 is 2.34 bits per heavy atom. The number of nitrogens with zero attached hydrogens (tertiary/aromatic N) is 1. The number of methoxy groups -OCH3 is 1. The molecule has 32 heavy (non-hydrogen) atoms. The van der Waals surface area contributed by atoms with Crippen molar-refractivity contribution >= 4 is 31.6 Å². The molecular formula is C20H24N2O8S2. The van der Waals surface area contributed by atoms with Crippen molar-refractivity contribution in [1.29, 1.82) is 0 Å². The summed E-state index contributed by atoms with van der Waals surface area (Å²) in [6.07, 6.45) is -0.154. The van der Waals surface area contributed by atoms with Gasteiger partial charge in [0.15, 0.2) is 0 Å². The molecule has 1 amide bonds. The fraction of sp³-hybridized carbons (Fsp3) is 0.350. The van der Waals surface area contributed by atoms with Crippen LogP contribution in [0.15, 0.2) is 47.4 Å². The zero-order chi connectivity index (χ0) is 23.4. The largest absolute Gasteiger partial charge is 0.497 e. The third-order valence-corrected chi connectivity index (χ3v) is 7.73. The van der Waals surface area contributed by atoms with Gasteiger partial charge in [0.2, 0.25) is 26.0 Å². The first-order chi connectivity index (χ1) is 15.2. The SMILES string of the molecule is CCOc1ccc(N2C(=O)CCS2(=O)=O)cc1S(=O)(=O)NCCOc1ccc(OC)cc1. The molecule has 0 atom stereocenters. The average Bonchev–Trinajstić information content (AvgIpc) is 3.04. The van der Waals surface area contributed by atoms with Gasteiger partial charge >= 0.3 is 0 Å². The van der Waals surface area contributed by atoms with E-state index in [1.54, 1.807) is 38.3 Å². The van der Waals surface area contributed by atoms with Crippen molar-refractivity contribution in [3.05, 3.63) is 42.5 Å². The van der Waals surface area contributed by atoms with Gasteiger partial charge in [-0.25, -0.2) is 25.9 Å². The summed E-state index contributed by atoms with van der Waals surface area (Å²) in [5.74, 6) is 0.323. The molecule has 3 rings (SSSR count). The number of sulfonamides is 2. The highest BCUT2D eigenvalue weighted by Crippen LogP contribution is 2.32. The molecule has 0 radical (unpaired) electrons. The summed E-state index contributed by atoms with van der Waals surface area (Å²) in [6, 6.07) is 10.6. The van der Waals surface area contributed by atoms with Gasteiger partial charge in [0.1, 0.15) is 28.8 Å². The molecule has 1 aliphatic rings. The van der Waals surface area contributed by atoms with Crippen molar-refractivity contribution in [2.24, 2.45) is 0 Å². The number of rotatable bonds is 10. The molecule has 12 heteroatoms. The van der Waals surface area contributed by atoms with Gasteiger partial charge in [-0.1, -0.05) is 0 Å². The number of ether oxygens (including phenoxy) is 3. The van der Waals surface area contributed by atoms with Crippen LogP contribution in [0.1, 0.15) is 13.3 Å². The third kappa shape index (κ3) is 5.31. The fourth-order valence-electron chi connectivity index (χ4n) is 3.07. The fourth-order valence-corrected chi connectivity index (χ4v) is 5.70. The number of benzene rings is 2. The van der Waals surface area contributed by atoms with Crippen LogP contribution in [-0.4, -0.2) is 55.4 Å². The Morgan fingerprint density at radius 2 is 1.75 bits per heavy atom. The summed E-state index contributed by atoms with van der Waals surface area (Å²) < 4.78 is 69.3. The lowest BCUT2D eigenvalue weighted by Crippen LogP contribution is -2.31. The zero-order valence-electron chi connectivity index (χ0n) is 17.6. The highest BCUT2D eigenvalue weighted by atomic mass is 32.2. The Kier molecular flexibility index (Phi) is 7.26. The summed E-state index contributed by atoms with van der Waals surface area (Å²) in [5, 5.41) is 0. The van der Waals surface area contributed by atoms with Crippen LogP contribution >= 0.6 is 0 Å². The van der Waals surface area contributed by atoms with Gasteiger partial charge in [-0.05, 0) is 49.4 Å². The molecule has 0 spiro atoms. The summed E-state index contributed by atoms with van der Waals surface area (Å²) in [7, 11) is -6.38. The van der Waals surface area contributed by atoms with Crippen molar-refractivity contribution in [2.75, 3.05) is 36.9 Å². The molecule has 174 valence electrons. The predicted octanol–water partition coefficient (Wildman–Crippen LogP) is 1.52. The molecule has 1 heterocycles. The quantitative estimate of drug-likeness (QED) is 0.503. The molecule has 0 unspecified atom stereocenters. The molecule has 0 saturated carbocycles. The molecule has 0 aliphatic carbocycles. The number of hydrogen-bond acceptors (Lipinski definition) is 8. The minimum atomic E-state index is -4.09. The van der Waals surface area contributed by atoms with Gasteiger partial charge in [0.05, 0.1) is 25.2 Å². The van der Waals surface area contributed by atoms with Gasteiger partial charge < -0.3 is 14.2 Å². The Balaban J connectivity index is 1.76. The molecule has 2 aromatic carbocycles. The van der Waals surface area contributed by atoms with Crippen molar-refractivity contribution < 1.29 is 35.8 Å². The minimum Gasteiger partial charge on any atom is -0.497 e. The Labute approximate surface area is 187 Å². The summed E-state index contributed by atoms with van der Waals surface area (Å²) in [6.45, 7) is 1.89. The van der Waals surface area contributed by atoms with E-state index in [2.05, 4.69) is 4.72 Å². The second kappa shape index (κ2) is 9.76. The lowest BCUT2D eigenvalue weighted by molar-refractivity contribution is -0.116. The van der Waals surface area contributed by atoms with E-state index in [9.17, 15) is 21.6 Å². The molecule has 1 aliphatic heterocycles. The molecule has 1 saturated heterocycles. The molecule has 0 aromatic heterocycles. The van der Waals surface area contributed by atoms with E-state index >= 15 is 0 Å². The minimum absolute atomic E-state index is 0.0452. The van der Waals surface area contributed by atoms with Crippen LogP contribution in [0.5, 0.6) is 17.2 Å². The Morgan fingerprint density at radius 1 is 1.06 bits per heavy atom. The van der Waals surface area contributed by atoms with E-state index in [1.165, 1.54) is 12.1 Å². The molecule has 10 nitrogen and oxygen atoms in total. The van der Waals surface area contributed by atoms with E-state index in [0.717, 1.165) is 6.07 Å². The molecule has 1 N–H and O–H groups in total. The number of amides is 1. The standard InChI is InChI=1S/C20H24N2O8S2/c1-3-29-18-9-4-15(22-20(23)10-13-31(22,24)25)14-19(18)32(26,27)21-11-12-30-17-7-5-16(28-2)6-8-17/h4-9,14,21H,3,10-13H2,1-2H3. The Hall–Kier alpha value is -2.83. The van der Waals surface area contributed by atoms with Crippen molar-refractivity contribution in [2.45, 2.75) is 18.2 Å². The van der Waals surface area contributed by atoms with E-state index in [1.807, 2.05) is 0 Å². The third-order valence-electron chi connectivity index (χ3n) is 4.55. The van der Waals surface area contributed by atoms with Gasteiger partial charge in [-0.3, -0.25) is 4.79 Å². The van der Waals surface area contributed by atoms with Crippen LogP contribution < -0.4 is 23.2 Å². The van der Waals surface area contributed by atoms with Gasteiger partial charge in [-0.2, -0.15) is 0 Å². The van der Waals surface area contributed by atoms with Crippen LogP contribution in [0.3, 0.4) is 0 Å². The second-order valence-electron chi connectivity index (χ2n) is 6.71. The van der Waals surface area contributed by atoms with Gasteiger partial charge in [0.25, 0.3) is 0 Å². The second-order valence-corrected chi connectivity index (χ2v) is 10.4. The van der Waals surface area contributed by atoms with Crippen LogP contribution in [0.2, 0.25) is 0 Å². The molecule has 0 bridgehead atoms. The van der Waals surface area contributed by atoms with Crippen LogP contribution in [0, 0.1) is 0 Å². The van der Waals surface area contributed by atoms with Gasteiger partial charge in [-0.15, -0.1) is 0 Å². The van der Waals surface area contributed by atoms with Gasteiger partial charge in [0, 0.05) is 13.0 Å². The highest BCUT2D eigenvalue weighted by molar-refractivity contribution is 7.94. The molecule has 2 aromatic rings. The van der Waals surface area contributed by atoms with Crippen molar-refractivity contribution in [1.82, 2.24) is 4.72 Å². The van der Waals surface area contributed by atoms with E-state index in [4.69, 9.17) is 14.2 Å². The smallest absolute Gasteiger partial charge is 0.244 e. The van der Waals surface area contributed by atoms with Crippen molar-refractivity contribution in [3.8, 4) is 17.2 Å². The zero-order valence-corrected chi connectivity index (χ0v) is 19.2. The first kappa shape index (κ1) is 23.8. The number of carbonyl (C=O) groups excluding carboxylic acids is 1. The molecular weight excluding hydrogens is 460 g/mol. The Bertz CT molecular complexity index is 1180. The van der Waals surface area contributed by atoms with E-state index in [0.29, 0.717) is 15.8 Å². The highest BCUT2D eigenvalue weighted by Gasteiger charge is 2.37. The topological polar surface area (TPSA) is 128 Å². The lowest BCUT2D eigenvalue weighted by Gasteiger charge is -2.18. The average molecular weight is 485 g/mol. The van der Waals surface area contributed by atoms with E-state index in [-0.39, 0.29) is 48.3 Å². The van der Waals surface area contributed by atoms with Crippen LogP contribution in [0.4, 0.5) is 5.69 Å². The summed E-state index contributed by atoms with van der Waals surface area (Å²) in [4.78, 5) is 11.8. The maximum Gasteiger partial charge on any atom is 0.244 e. The van der Waals surface area contributed by atoms with Crippen LogP contribution in [0.25, 0.3) is 0 Å². The van der Waals surface area contributed by atoms with Crippen LogP contribution in [-0.2, 0) is 24.8 Å². The first-order valence-electron chi connectivity index (χ1n) is 9.77. The monoisotopic (exact) mass is 484 g/mol. The maximum absolute atomic E-state index is 12.9. The normalized spacial score (nSPS) is 15.6.